The Morgan fingerprint density at radius 1 is 1.19 bits per heavy atom. The number of nitrogens with zero attached hydrogens (tertiary/aromatic N) is 5. The van der Waals surface area contributed by atoms with E-state index in [1.54, 1.807) is 35.2 Å². The summed E-state index contributed by atoms with van der Waals surface area (Å²) in [6.45, 7) is 12.7. The van der Waals surface area contributed by atoms with E-state index in [9.17, 15) is 9.59 Å². The first kappa shape index (κ1) is 24.9. The van der Waals surface area contributed by atoms with Crippen LogP contribution in [0.3, 0.4) is 0 Å². The van der Waals surface area contributed by atoms with Crippen LogP contribution in [0.5, 0.6) is 0 Å². The largest absolute Gasteiger partial charge is 0.337 e. The van der Waals surface area contributed by atoms with Gasteiger partial charge in [-0.1, -0.05) is 45.5 Å². The number of likely N-dealkylation sites (N-methyl/N-ethyl adjacent to an activating group) is 1. The van der Waals surface area contributed by atoms with Crippen LogP contribution in [-0.4, -0.2) is 74.9 Å². The van der Waals surface area contributed by atoms with Crippen molar-refractivity contribution >= 4 is 29.3 Å². The highest BCUT2D eigenvalue weighted by Crippen LogP contribution is 2.17. The topological polar surface area (TPSA) is 83.4 Å². The Hall–Kier alpha value is -2.39. The van der Waals surface area contributed by atoms with Crippen LogP contribution >= 0.6 is 11.8 Å². The molecule has 0 spiro atoms. The third-order valence-electron chi connectivity index (χ3n) is 4.85. The summed E-state index contributed by atoms with van der Waals surface area (Å²) in [6, 6.07) is 7.15. The maximum absolute atomic E-state index is 13.2. The average molecular weight is 447 g/mol. The molecule has 0 atom stereocenters. The summed E-state index contributed by atoms with van der Waals surface area (Å²) in [6.07, 6.45) is 1.60. The summed E-state index contributed by atoms with van der Waals surface area (Å²) in [4.78, 5) is 29.8. The molecule has 1 aromatic heterocycles. The minimum Gasteiger partial charge on any atom is -0.337 e. The van der Waals surface area contributed by atoms with Crippen LogP contribution in [0, 0.1) is 5.92 Å². The molecule has 0 fully saturated rings. The quantitative estimate of drug-likeness (QED) is 0.505. The van der Waals surface area contributed by atoms with Crippen molar-refractivity contribution in [2.24, 2.45) is 13.0 Å². The second-order valence-corrected chi connectivity index (χ2v) is 8.76. The summed E-state index contributed by atoms with van der Waals surface area (Å²) < 4.78 is 1.76. The van der Waals surface area contributed by atoms with E-state index in [1.165, 1.54) is 11.8 Å². The first-order chi connectivity index (χ1) is 14.8. The number of carbonyl (C=O) groups is 2. The molecule has 170 valence electrons. The van der Waals surface area contributed by atoms with E-state index in [4.69, 9.17) is 0 Å². The number of benzene rings is 1. The highest BCUT2D eigenvalue weighted by atomic mass is 32.2. The molecule has 2 aromatic rings. The van der Waals surface area contributed by atoms with E-state index in [2.05, 4.69) is 48.1 Å². The lowest BCUT2D eigenvalue weighted by Gasteiger charge is -2.28. The van der Waals surface area contributed by atoms with Gasteiger partial charge in [-0.2, -0.15) is 0 Å². The van der Waals surface area contributed by atoms with Crippen molar-refractivity contribution in [3.8, 4) is 0 Å². The summed E-state index contributed by atoms with van der Waals surface area (Å²) in [5.74, 6) is 0.429. The van der Waals surface area contributed by atoms with E-state index in [1.807, 2.05) is 11.9 Å². The molecule has 0 radical (unpaired) electrons. The molecule has 2 amide bonds. The van der Waals surface area contributed by atoms with Crippen molar-refractivity contribution in [3.05, 3.63) is 36.2 Å². The smallest absolute Gasteiger partial charge is 0.253 e. The Labute approximate surface area is 189 Å². The Balaban J connectivity index is 2.01. The number of anilines is 1. The number of thioether (sulfide) groups is 1. The van der Waals surface area contributed by atoms with Gasteiger partial charge in [0.15, 0.2) is 5.16 Å². The predicted octanol–water partition coefficient (Wildman–Crippen LogP) is 2.99. The maximum Gasteiger partial charge on any atom is 0.253 e. The molecular weight excluding hydrogens is 412 g/mol. The minimum absolute atomic E-state index is 0.00888. The van der Waals surface area contributed by atoms with Crippen LogP contribution in [0.25, 0.3) is 0 Å². The Morgan fingerprint density at radius 2 is 1.94 bits per heavy atom. The zero-order chi connectivity index (χ0) is 22.8. The molecule has 9 heteroatoms. The van der Waals surface area contributed by atoms with Gasteiger partial charge in [-0.25, -0.2) is 0 Å². The Morgan fingerprint density at radius 3 is 2.55 bits per heavy atom. The Kier molecular flexibility index (Phi) is 10.00. The van der Waals surface area contributed by atoms with Crippen LogP contribution in [0.4, 0.5) is 5.69 Å². The van der Waals surface area contributed by atoms with Gasteiger partial charge in [-0.3, -0.25) is 9.59 Å². The van der Waals surface area contributed by atoms with Crippen molar-refractivity contribution in [2.45, 2.75) is 32.9 Å². The lowest BCUT2D eigenvalue weighted by molar-refractivity contribution is -0.113. The van der Waals surface area contributed by atoms with Crippen LogP contribution in [0.1, 0.15) is 38.1 Å². The number of hydrogen-bond acceptors (Lipinski definition) is 6. The molecular formula is C22H34N6O2S. The van der Waals surface area contributed by atoms with Gasteiger partial charge >= 0.3 is 0 Å². The summed E-state index contributed by atoms with van der Waals surface area (Å²) in [5, 5.41) is 11.3. The van der Waals surface area contributed by atoms with Gasteiger partial charge in [0, 0.05) is 37.9 Å². The zero-order valence-electron chi connectivity index (χ0n) is 19.2. The molecule has 1 aromatic carbocycles. The minimum atomic E-state index is -0.154. The fourth-order valence-electron chi connectivity index (χ4n) is 3.16. The van der Waals surface area contributed by atoms with Gasteiger partial charge in [-0.05, 0) is 37.2 Å². The molecule has 2 rings (SSSR count). The van der Waals surface area contributed by atoms with Crippen LogP contribution in [0.15, 0.2) is 35.7 Å². The van der Waals surface area contributed by atoms with Gasteiger partial charge in [0.05, 0.1) is 5.75 Å². The van der Waals surface area contributed by atoms with Gasteiger partial charge in [0.1, 0.15) is 6.33 Å². The molecule has 0 saturated heterocycles. The number of aryl methyl sites for hydroxylation is 1. The summed E-state index contributed by atoms with van der Waals surface area (Å²) >= 11 is 1.31. The molecule has 8 nitrogen and oxygen atoms in total. The number of carbonyl (C=O) groups excluding carboxylic acids is 2. The second kappa shape index (κ2) is 12.5. The van der Waals surface area contributed by atoms with E-state index in [0.29, 0.717) is 35.4 Å². The molecule has 0 aliphatic heterocycles. The normalized spacial score (nSPS) is 11.2. The number of nitrogens with one attached hydrogen (secondary N) is 1. The number of amides is 2. The van der Waals surface area contributed by atoms with Gasteiger partial charge in [0.25, 0.3) is 5.91 Å². The van der Waals surface area contributed by atoms with Gasteiger partial charge < -0.3 is 19.7 Å². The Bertz CT molecular complexity index is 850. The predicted molar refractivity (Wildman–Crippen MR) is 125 cm³/mol. The van der Waals surface area contributed by atoms with Crippen molar-refractivity contribution < 1.29 is 9.59 Å². The monoisotopic (exact) mass is 446 g/mol. The van der Waals surface area contributed by atoms with Crippen molar-refractivity contribution in [1.82, 2.24) is 24.6 Å². The average Bonchev–Trinajstić information content (AvgIpc) is 3.16. The third-order valence-corrected chi connectivity index (χ3v) is 5.88. The molecule has 1 heterocycles. The van der Waals surface area contributed by atoms with E-state index >= 15 is 0 Å². The van der Waals surface area contributed by atoms with E-state index in [-0.39, 0.29) is 17.6 Å². The second-order valence-electron chi connectivity index (χ2n) is 7.81. The zero-order valence-corrected chi connectivity index (χ0v) is 20.0. The maximum atomic E-state index is 13.2. The SMILES string of the molecule is CCN(CC)CCN(CC(C)C)C(=O)c1cccc(NC(=O)CSc2nncn2C)c1. The lowest BCUT2D eigenvalue weighted by atomic mass is 10.1. The van der Waals surface area contributed by atoms with Gasteiger partial charge in [0.2, 0.25) is 5.91 Å². The molecule has 0 unspecified atom stereocenters. The number of aromatic nitrogens is 3. The van der Waals surface area contributed by atoms with E-state index in [0.717, 1.165) is 19.6 Å². The summed E-state index contributed by atoms with van der Waals surface area (Å²) in [7, 11) is 1.83. The highest BCUT2D eigenvalue weighted by molar-refractivity contribution is 7.99. The van der Waals surface area contributed by atoms with Crippen LogP contribution in [-0.2, 0) is 11.8 Å². The molecule has 0 bridgehead atoms. The number of rotatable bonds is 12. The fraction of sp³-hybridized carbons (Fsp3) is 0.545. The molecule has 1 N–H and O–H groups in total. The standard InChI is InChI=1S/C22H34N6O2S/c1-6-27(7-2)11-12-28(14-17(3)4)21(30)18-9-8-10-19(13-18)24-20(29)15-31-22-25-23-16-26(22)5/h8-10,13,16-17H,6-7,11-12,14-15H2,1-5H3,(H,24,29). The lowest BCUT2D eigenvalue weighted by Crippen LogP contribution is -2.40. The van der Waals surface area contributed by atoms with E-state index < -0.39 is 0 Å². The highest BCUT2D eigenvalue weighted by Gasteiger charge is 2.18. The first-order valence-electron chi connectivity index (χ1n) is 10.7. The van der Waals surface area contributed by atoms with Crippen LogP contribution in [0.2, 0.25) is 0 Å². The van der Waals surface area contributed by atoms with Crippen LogP contribution < -0.4 is 5.32 Å². The van der Waals surface area contributed by atoms with Gasteiger partial charge in [-0.15, -0.1) is 10.2 Å². The molecule has 31 heavy (non-hydrogen) atoms. The molecule has 0 aliphatic carbocycles. The van der Waals surface area contributed by atoms with Crippen molar-refractivity contribution in [2.75, 3.05) is 43.8 Å². The van der Waals surface area contributed by atoms with Crippen molar-refractivity contribution in [1.29, 1.82) is 0 Å². The van der Waals surface area contributed by atoms with Crippen molar-refractivity contribution in [3.63, 3.8) is 0 Å². The summed E-state index contributed by atoms with van der Waals surface area (Å²) in [5.41, 5.74) is 1.20. The fourth-order valence-corrected chi connectivity index (χ4v) is 3.85. The molecule has 0 saturated carbocycles. The number of hydrogen-bond donors (Lipinski definition) is 1. The molecule has 0 aliphatic rings. The first-order valence-corrected chi connectivity index (χ1v) is 11.7. The third kappa shape index (κ3) is 7.99.